The molecule has 0 atom stereocenters. The van der Waals surface area contributed by atoms with Gasteiger partial charge in [-0.2, -0.15) is 13.2 Å². The number of para-hydroxylation sites is 1. The van der Waals surface area contributed by atoms with Crippen molar-refractivity contribution in [2.24, 2.45) is 0 Å². The third-order valence-electron chi connectivity index (χ3n) is 4.66. The van der Waals surface area contributed by atoms with Crippen molar-refractivity contribution < 1.29 is 32.5 Å². The van der Waals surface area contributed by atoms with Gasteiger partial charge in [0.15, 0.2) is 11.5 Å². The normalized spacial score (nSPS) is 11.5. The summed E-state index contributed by atoms with van der Waals surface area (Å²) >= 11 is 0. The van der Waals surface area contributed by atoms with Crippen molar-refractivity contribution >= 4 is 12.0 Å². The molecule has 0 saturated heterocycles. The predicted octanol–water partition coefficient (Wildman–Crippen LogP) is 6.10. The first kappa shape index (κ1) is 22.9. The Kier molecular flexibility index (Phi) is 7.20. The summed E-state index contributed by atoms with van der Waals surface area (Å²) in [4.78, 5) is 11.0. The minimum Gasteiger partial charge on any atom is -0.492 e. The number of carbonyl (C=O) groups is 1. The molecule has 0 aliphatic rings. The molecule has 0 bridgehead atoms. The Balaban J connectivity index is 1.73. The van der Waals surface area contributed by atoms with Gasteiger partial charge in [-0.1, -0.05) is 54.6 Å². The first-order chi connectivity index (χ1) is 15.3. The highest BCUT2D eigenvalue weighted by Crippen LogP contribution is 2.38. The summed E-state index contributed by atoms with van der Waals surface area (Å²) in [5, 5.41) is 9.02. The van der Waals surface area contributed by atoms with Crippen LogP contribution in [0.2, 0.25) is 0 Å². The minimum atomic E-state index is -4.36. The molecule has 0 fully saturated rings. The summed E-state index contributed by atoms with van der Waals surface area (Å²) in [6.45, 7) is 0.180. The number of alkyl halides is 3. The summed E-state index contributed by atoms with van der Waals surface area (Å²) in [7, 11) is 1.52. The summed E-state index contributed by atoms with van der Waals surface area (Å²) in [5.41, 5.74) is 2.15. The van der Waals surface area contributed by atoms with E-state index in [4.69, 9.17) is 14.6 Å². The molecule has 0 aromatic heterocycles. The third kappa shape index (κ3) is 5.91. The second-order valence-corrected chi connectivity index (χ2v) is 6.94. The maximum atomic E-state index is 12.6. The molecule has 0 saturated carbocycles. The van der Waals surface area contributed by atoms with Crippen molar-refractivity contribution in [1.82, 2.24) is 0 Å². The fourth-order valence-electron chi connectivity index (χ4n) is 3.20. The highest BCUT2D eigenvalue weighted by molar-refractivity contribution is 5.76. The van der Waals surface area contributed by atoms with E-state index < -0.39 is 17.7 Å². The molecule has 0 heterocycles. The van der Waals surface area contributed by atoms with E-state index in [1.807, 2.05) is 12.1 Å². The van der Waals surface area contributed by atoms with Crippen LogP contribution >= 0.6 is 0 Å². The van der Waals surface area contributed by atoms with Crippen molar-refractivity contribution in [3.63, 3.8) is 0 Å². The van der Waals surface area contributed by atoms with Crippen molar-refractivity contribution in [2.45, 2.75) is 12.6 Å². The maximum absolute atomic E-state index is 12.6. The van der Waals surface area contributed by atoms with E-state index in [1.165, 1.54) is 19.2 Å². The van der Waals surface area contributed by atoms with Crippen LogP contribution in [-0.4, -0.2) is 24.8 Å². The van der Waals surface area contributed by atoms with Crippen LogP contribution in [-0.2, 0) is 17.4 Å². The zero-order chi connectivity index (χ0) is 23.1. The highest BCUT2D eigenvalue weighted by Gasteiger charge is 2.29. The average molecular weight is 442 g/mol. The van der Waals surface area contributed by atoms with Crippen molar-refractivity contribution in [2.75, 3.05) is 13.7 Å². The van der Waals surface area contributed by atoms with Gasteiger partial charge in [-0.05, 0) is 41.0 Å². The summed E-state index contributed by atoms with van der Waals surface area (Å²) in [6, 6.07) is 17.4. The minimum absolute atomic E-state index is 0.0823. The molecule has 3 rings (SSSR count). The number of carboxylic acid groups (broad SMARTS) is 1. The van der Waals surface area contributed by atoms with Gasteiger partial charge in [-0.25, -0.2) is 0 Å². The zero-order valence-corrected chi connectivity index (χ0v) is 17.2. The van der Waals surface area contributed by atoms with E-state index in [2.05, 4.69) is 0 Å². The van der Waals surface area contributed by atoms with Crippen LogP contribution in [0.4, 0.5) is 13.2 Å². The second-order valence-electron chi connectivity index (χ2n) is 6.94. The SMILES string of the molecule is COc1c(OCC=Cc2ccc(C(F)(F)F)cc2)cccc1-c1cccc(CC(=O)O)c1. The molecule has 32 heavy (non-hydrogen) atoms. The van der Waals surface area contributed by atoms with Gasteiger partial charge in [0.25, 0.3) is 0 Å². The van der Waals surface area contributed by atoms with Gasteiger partial charge in [0, 0.05) is 5.56 Å². The number of hydrogen-bond acceptors (Lipinski definition) is 3. The molecular weight excluding hydrogens is 421 g/mol. The van der Waals surface area contributed by atoms with Crippen LogP contribution in [0.25, 0.3) is 17.2 Å². The summed E-state index contributed by atoms with van der Waals surface area (Å²) in [5.74, 6) is 0.0830. The number of halogens is 3. The lowest BCUT2D eigenvalue weighted by Crippen LogP contribution is -2.04. The molecule has 1 N–H and O–H groups in total. The lowest BCUT2D eigenvalue weighted by molar-refractivity contribution is -0.138. The van der Waals surface area contributed by atoms with Crippen LogP contribution in [0.5, 0.6) is 11.5 Å². The molecule has 0 unspecified atom stereocenters. The van der Waals surface area contributed by atoms with Gasteiger partial charge in [0.1, 0.15) is 6.61 Å². The number of benzene rings is 3. The Morgan fingerprint density at radius 1 is 1.03 bits per heavy atom. The van der Waals surface area contributed by atoms with Gasteiger partial charge in [-0.3, -0.25) is 4.79 Å². The molecule has 3 aromatic rings. The van der Waals surface area contributed by atoms with Gasteiger partial charge in [0.05, 0.1) is 19.1 Å². The van der Waals surface area contributed by atoms with E-state index in [9.17, 15) is 18.0 Å². The van der Waals surface area contributed by atoms with Crippen LogP contribution in [0.15, 0.2) is 72.8 Å². The molecule has 3 aromatic carbocycles. The molecule has 166 valence electrons. The van der Waals surface area contributed by atoms with Crippen molar-refractivity contribution in [1.29, 1.82) is 0 Å². The number of ether oxygens (including phenoxy) is 2. The largest absolute Gasteiger partial charge is 0.492 e. The van der Waals surface area contributed by atoms with E-state index in [-0.39, 0.29) is 13.0 Å². The topological polar surface area (TPSA) is 55.8 Å². The average Bonchev–Trinajstić information content (AvgIpc) is 2.76. The molecule has 0 spiro atoms. The molecule has 0 radical (unpaired) electrons. The first-order valence-electron chi connectivity index (χ1n) is 9.72. The Hall–Kier alpha value is -3.74. The molecule has 7 heteroatoms. The lowest BCUT2D eigenvalue weighted by atomic mass is 10.0. The molecular formula is C25H21F3O4. The lowest BCUT2D eigenvalue weighted by Gasteiger charge is -2.14. The quantitative estimate of drug-likeness (QED) is 0.458. The van der Waals surface area contributed by atoms with E-state index in [1.54, 1.807) is 42.5 Å². The summed E-state index contributed by atoms with van der Waals surface area (Å²) in [6.07, 6.45) is -1.07. The van der Waals surface area contributed by atoms with Crippen molar-refractivity contribution in [3.05, 3.63) is 89.5 Å². The standard InChI is InChI=1S/C25H21F3O4/c1-31-24-21(19-7-2-5-18(15-19)16-23(29)30)8-3-9-22(24)32-14-4-6-17-10-12-20(13-11-17)25(26,27)28/h2-13,15H,14,16H2,1H3,(H,29,30). The third-order valence-corrected chi connectivity index (χ3v) is 4.66. The van der Waals surface area contributed by atoms with Crippen LogP contribution in [0.3, 0.4) is 0 Å². The van der Waals surface area contributed by atoms with Gasteiger partial charge in [0.2, 0.25) is 0 Å². The Morgan fingerprint density at radius 3 is 2.41 bits per heavy atom. The van der Waals surface area contributed by atoms with Gasteiger partial charge >= 0.3 is 12.1 Å². The van der Waals surface area contributed by atoms with Crippen LogP contribution < -0.4 is 9.47 Å². The smallest absolute Gasteiger partial charge is 0.416 e. The maximum Gasteiger partial charge on any atom is 0.416 e. The van der Waals surface area contributed by atoms with Gasteiger partial charge < -0.3 is 14.6 Å². The van der Waals surface area contributed by atoms with Crippen molar-refractivity contribution in [3.8, 4) is 22.6 Å². The number of carboxylic acids is 1. The molecule has 4 nitrogen and oxygen atoms in total. The van der Waals surface area contributed by atoms with Crippen LogP contribution in [0.1, 0.15) is 16.7 Å². The number of rotatable bonds is 8. The number of aliphatic carboxylic acids is 1. The first-order valence-corrected chi connectivity index (χ1v) is 9.72. The van der Waals surface area contributed by atoms with Crippen LogP contribution in [0, 0.1) is 0 Å². The van der Waals surface area contributed by atoms with E-state index >= 15 is 0 Å². The number of hydrogen-bond donors (Lipinski definition) is 1. The Bertz CT molecular complexity index is 1100. The monoisotopic (exact) mass is 442 g/mol. The Morgan fingerprint density at radius 2 is 1.75 bits per heavy atom. The summed E-state index contributed by atoms with van der Waals surface area (Å²) < 4.78 is 49.3. The zero-order valence-electron chi connectivity index (χ0n) is 17.2. The molecule has 0 aliphatic carbocycles. The highest BCUT2D eigenvalue weighted by atomic mass is 19.4. The molecule has 0 aliphatic heterocycles. The van der Waals surface area contributed by atoms with Gasteiger partial charge in [-0.15, -0.1) is 0 Å². The fraction of sp³-hybridized carbons (Fsp3) is 0.160. The fourth-order valence-corrected chi connectivity index (χ4v) is 3.20. The number of methoxy groups -OCH3 is 1. The Labute approximate surface area is 183 Å². The van der Waals surface area contributed by atoms with E-state index in [0.29, 0.717) is 22.6 Å². The second kappa shape index (κ2) is 10.0. The molecule has 0 amide bonds. The predicted molar refractivity (Wildman–Crippen MR) is 116 cm³/mol. The van der Waals surface area contributed by atoms with E-state index in [0.717, 1.165) is 23.3 Å².